The van der Waals surface area contributed by atoms with Crippen molar-refractivity contribution in [3.05, 3.63) is 35.9 Å². The van der Waals surface area contributed by atoms with Crippen molar-refractivity contribution >= 4 is 11.8 Å². The minimum atomic E-state index is -0.731. The van der Waals surface area contributed by atoms with Crippen molar-refractivity contribution in [2.45, 2.75) is 70.0 Å². The summed E-state index contributed by atoms with van der Waals surface area (Å²) in [6.45, 7) is 8.19. The summed E-state index contributed by atoms with van der Waals surface area (Å²) in [7, 11) is 3.82. The smallest absolute Gasteiger partial charge is 0.316 e. The van der Waals surface area contributed by atoms with Gasteiger partial charge in [-0.1, -0.05) is 30.3 Å². The number of likely N-dealkylation sites (tertiary alicyclic amines) is 1. The van der Waals surface area contributed by atoms with Crippen LogP contribution in [-0.4, -0.2) is 79.6 Å². The molecule has 1 unspecified atom stereocenters. The van der Waals surface area contributed by atoms with Gasteiger partial charge < -0.3 is 19.3 Å². The van der Waals surface area contributed by atoms with Gasteiger partial charge in [-0.2, -0.15) is 0 Å². The van der Waals surface area contributed by atoms with Crippen molar-refractivity contribution < 1.29 is 19.1 Å². The van der Waals surface area contributed by atoms with Crippen LogP contribution in [0.15, 0.2) is 30.3 Å². The number of Topliss-reactive ketones (excluding diaryl/α,β-unsaturated/α-hetero) is 1. The maximum absolute atomic E-state index is 13.0. The molecule has 0 N–H and O–H groups in total. The normalized spacial score (nSPS) is 28.5. The fourth-order valence-corrected chi connectivity index (χ4v) is 5.07. The van der Waals surface area contributed by atoms with Gasteiger partial charge in [0.05, 0.1) is 5.60 Å². The topological polar surface area (TPSA) is 59.1 Å². The van der Waals surface area contributed by atoms with Crippen LogP contribution in [0.5, 0.6) is 0 Å². The third kappa shape index (κ3) is 7.36. The van der Waals surface area contributed by atoms with Gasteiger partial charge >= 0.3 is 5.97 Å². The van der Waals surface area contributed by atoms with E-state index in [1.54, 1.807) is 14.0 Å². The summed E-state index contributed by atoms with van der Waals surface area (Å²) in [6, 6.07) is 10.6. The Morgan fingerprint density at radius 1 is 1.06 bits per heavy atom. The van der Waals surface area contributed by atoms with E-state index >= 15 is 0 Å². The molecule has 6 nitrogen and oxygen atoms in total. The number of likely N-dealkylation sites (N-methyl/N-ethyl adjacent to an activating group) is 1. The number of carbonyl (C=O) groups is 2. The van der Waals surface area contributed by atoms with Gasteiger partial charge in [0.2, 0.25) is 0 Å². The second kappa shape index (κ2) is 11.6. The second-order valence-electron chi connectivity index (χ2n) is 10.4. The van der Waals surface area contributed by atoms with E-state index in [4.69, 9.17) is 9.47 Å². The molecule has 6 heteroatoms. The number of ketones is 1. The van der Waals surface area contributed by atoms with Gasteiger partial charge in [0, 0.05) is 52.6 Å². The Bertz CT molecular complexity index is 776. The maximum atomic E-state index is 13.0. The highest BCUT2D eigenvalue weighted by Crippen LogP contribution is 2.31. The first-order valence-electron chi connectivity index (χ1n) is 12.5. The average Bonchev–Trinajstić information content (AvgIpc) is 2.82. The Hall–Kier alpha value is -1.76. The third-order valence-electron chi connectivity index (χ3n) is 7.68. The van der Waals surface area contributed by atoms with Crippen molar-refractivity contribution in [2.24, 2.45) is 5.92 Å². The highest BCUT2D eigenvalue weighted by molar-refractivity contribution is 5.98. The molecular weight excluding hydrogens is 416 g/mol. The van der Waals surface area contributed by atoms with E-state index in [1.807, 2.05) is 6.07 Å². The maximum Gasteiger partial charge on any atom is 0.316 e. The lowest BCUT2D eigenvalue weighted by atomic mass is 9.89. The number of rotatable bonds is 4. The molecule has 2 saturated heterocycles. The SMILES string of the molecule is CO[C@]1(C)CCCN(C)CC2(CCN(CCc3ccccc3)CC2)OC(=O)C(C)C(=O)CC1. The molecule has 3 rings (SSSR count). The summed E-state index contributed by atoms with van der Waals surface area (Å²) in [5.41, 5.74) is 0.486. The Balaban J connectivity index is 1.66. The highest BCUT2D eigenvalue weighted by Gasteiger charge is 2.41. The molecule has 0 amide bonds. The van der Waals surface area contributed by atoms with E-state index in [9.17, 15) is 9.59 Å². The van der Waals surface area contributed by atoms with E-state index in [1.165, 1.54) is 5.56 Å². The van der Waals surface area contributed by atoms with Crippen LogP contribution >= 0.6 is 0 Å². The molecule has 0 aliphatic carbocycles. The molecule has 2 fully saturated rings. The largest absolute Gasteiger partial charge is 0.457 e. The summed E-state index contributed by atoms with van der Waals surface area (Å²) >= 11 is 0. The first-order chi connectivity index (χ1) is 15.7. The molecule has 1 aromatic rings. The van der Waals surface area contributed by atoms with Gasteiger partial charge in [-0.25, -0.2) is 0 Å². The zero-order valence-corrected chi connectivity index (χ0v) is 21.0. The van der Waals surface area contributed by atoms with Crippen molar-refractivity contribution in [2.75, 3.05) is 46.9 Å². The average molecular weight is 459 g/mol. The number of hydrogen-bond donors (Lipinski definition) is 0. The first kappa shape index (κ1) is 25.9. The monoisotopic (exact) mass is 458 g/mol. The zero-order valence-electron chi connectivity index (χ0n) is 21.0. The van der Waals surface area contributed by atoms with Crippen molar-refractivity contribution in [1.82, 2.24) is 9.80 Å². The van der Waals surface area contributed by atoms with Crippen LogP contribution in [0, 0.1) is 5.92 Å². The highest BCUT2D eigenvalue weighted by atomic mass is 16.6. The van der Waals surface area contributed by atoms with Crippen molar-refractivity contribution in [1.29, 1.82) is 0 Å². The van der Waals surface area contributed by atoms with Gasteiger partial charge in [-0.3, -0.25) is 9.59 Å². The number of nitrogens with zero attached hydrogens (tertiary/aromatic N) is 2. The summed E-state index contributed by atoms with van der Waals surface area (Å²) < 4.78 is 11.9. The minimum absolute atomic E-state index is 0.0497. The lowest BCUT2D eigenvalue weighted by molar-refractivity contribution is -0.173. The second-order valence-corrected chi connectivity index (χ2v) is 10.4. The number of carbonyl (C=O) groups excluding carboxylic acids is 2. The van der Waals surface area contributed by atoms with E-state index in [0.29, 0.717) is 19.4 Å². The van der Waals surface area contributed by atoms with Gasteiger partial charge in [-0.05, 0) is 58.7 Å². The first-order valence-corrected chi connectivity index (χ1v) is 12.5. The molecular formula is C27H42N2O4. The fraction of sp³-hybridized carbons (Fsp3) is 0.704. The third-order valence-corrected chi connectivity index (χ3v) is 7.68. The quantitative estimate of drug-likeness (QED) is 0.506. The van der Waals surface area contributed by atoms with E-state index in [2.05, 4.69) is 48.0 Å². The Labute approximate surface area is 199 Å². The molecule has 184 valence electrons. The number of hydrogen-bond acceptors (Lipinski definition) is 6. The number of piperidine rings is 1. The lowest BCUT2D eigenvalue weighted by Gasteiger charge is -2.43. The molecule has 2 heterocycles. The molecule has 33 heavy (non-hydrogen) atoms. The Kier molecular flexibility index (Phi) is 9.08. The number of esters is 1. The van der Waals surface area contributed by atoms with Gasteiger partial charge in [0.1, 0.15) is 17.3 Å². The van der Waals surface area contributed by atoms with E-state index in [0.717, 1.165) is 58.3 Å². The van der Waals surface area contributed by atoms with E-state index in [-0.39, 0.29) is 17.4 Å². The standard InChI is InChI=1S/C27H42N2O4/c1-22-24(30)11-14-26(2,32-4)13-8-17-28(3)21-27(33-25(22)31)15-19-29(20-16-27)18-12-23-9-6-5-7-10-23/h5-7,9-10,22H,8,11-21H2,1-4H3/t22?,26-/m1/s1. The number of benzene rings is 1. The predicted octanol–water partition coefficient (Wildman–Crippen LogP) is 3.72. The van der Waals surface area contributed by atoms with E-state index < -0.39 is 11.5 Å². The van der Waals surface area contributed by atoms with Crippen LogP contribution < -0.4 is 0 Å². The minimum Gasteiger partial charge on any atom is -0.457 e. The molecule has 0 radical (unpaired) electrons. The molecule has 2 atom stereocenters. The summed E-state index contributed by atoms with van der Waals surface area (Å²) in [5, 5.41) is 0. The Morgan fingerprint density at radius 2 is 1.76 bits per heavy atom. The van der Waals surface area contributed by atoms with Crippen LogP contribution in [0.25, 0.3) is 0 Å². The zero-order chi connectivity index (χ0) is 23.9. The summed E-state index contributed by atoms with van der Waals surface area (Å²) in [4.78, 5) is 30.5. The summed E-state index contributed by atoms with van der Waals surface area (Å²) in [5.74, 6) is -1.15. The molecule has 0 bridgehead atoms. The molecule has 2 aliphatic heterocycles. The van der Waals surface area contributed by atoms with Gasteiger partial charge in [-0.15, -0.1) is 0 Å². The van der Waals surface area contributed by atoms with Gasteiger partial charge in [0.25, 0.3) is 0 Å². The van der Waals surface area contributed by atoms with Crippen LogP contribution in [0.2, 0.25) is 0 Å². The number of ether oxygens (including phenoxy) is 2. The lowest BCUT2D eigenvalue weighted by Crippen LogP contribution is -2.53. The summed E-state index contributed by atoms with van der Waals surface area (Å²) in [6.07, 6.45) is 5.48. The van der Waals surface area contributed by atoms with Crippen molar-refractivity contribution in [3.63, 3.8) is 0 Å². The van der Waals surface area contributed by atoms with Gasteiger partial charge in [0.15, 0.2) is 0 Å². The number of methoxy groups -OCH3 is 1. The van der Waals surface area contributed by atoms with Crippen LogP contribution in [0.1, 0.15) is 57.9 Å². The van der Waals surface area contributed by atoms with Crippen molar-refractivity contribution in [3.8, 4) is 0 Å². The molecule has 1 spiro atoms. The van der Waals surface area contributed by atoms with Crippen LogP contribution in [-0.2, 0) is 25.5 Å². The Morgan fingerprint density at radius 3 is 2.42 bits per heavy atom. The fourth-order valence-electron chi connectivity index (χ4n) is 5.07. The molecule has 0 saturated carbocycles. The van der Waals surface area contributed by atoms with Crippen LogP contribution in [0.3, 0.4) is 0 Å². The predicted molar refractivity (Wildman–Crippen MR) is 130 cm³/mol. The molecule has 0 aromatic heterocycles. The molecule has 2 aliphatic rings. The molecule has 1 aromatic carbocycles. The van der Waals surface area contributed by atoms with Crippen LogP contribution in [0.4, 0.5) is 0 Å².